The van der Waals surface area contributed by atoms with Gasteiger partial charge in [0.1, 0.15) is 0 Å². The normalized spacial score (nSPS) is 16.4. The average molecular weight is 399 g/mol. The highest BCUT2D eigenvalue weighted by Gasteiger charge is 2.17. The number of rotatable bonds is 10. The van der Waals surface area contributed by atoms with Crippen molar-refractivity contribution in [1.82, 2.24) is 10.2 Å². The van der Waals surface area contributed by atoms with Gasteiger partial charge < -0.3 is 15.0 Å². The van der Waals surface area contributed by atoms with Crippen molar-refractivity contribution in [2.75, 3.05) is 32.5 Å². The number of nitrogens with one attached hydrogen (secondary N) is 1. The Morgan fingerprint density at radius 2 is 1.96 bits per heavy atom. The molecule has 1 aliphatic heterocycles. The summed E-state index contributed by atoms with van der Waals surface area (Å²) in [4.78, 5) is 16.0. The van der Waals surface area contributed by atoms with Crippen LogP contribution in [0.5, 0.6) is 0 Å². The van der Waals surface area contributed by atoms with Crippen molar-refractivity contribution in [1.29, 1.82) is 0 Å². The molecule has 1 fully saturated rings. The Balaban J connectivity index is 1.40. The summed E-state index contributed by atoms with van der Waals surface area (Å²) >= 11 is 1.72. The molecule has 1 amide bonds. The molecule has 4 nitrogen and oxygen atoms in total. The van der Waals surface area contributed by atoms with E-state index in [-0.39, 0.29) is 5.91 Å². The minimum Gasteiger partial charge on any atom is -0.377 e. The molecule has 0 saturated carbocycles. The lowest BCUT2D eigenvalue weighted by molar-refractivity contribution is 0.0948. The maximum atomic E-state index is 12.6. The molecule has 3 rings (SSSR count). The van der Waals surface area contributed by atoms with E-state index in [0.717, 1.165) is 55.2 Å². The summed E-state index contributed by atoms with van der Waals surface area (Å²) in [6.07, 6.45) is 3.52. The number of thioether (sulfide) groups is 1. The van der Waals surface area contributed by atoms with Crippen LogP contribution in [0.1, 0.15) is 35.2 Å². The van der Waals surface area contributed by atoms with E-state index < -0.39 is 0 Å². The van der Waals surface area contributed by atoms with Crippen molar-refractivity contribution in [2.45, 2.75) is 36.8 Å². The Bertz CT molecular complexity index is 732. The third kappa shape index (κ3) is 6.66. The lowest BCUT2D eigenvalue weighted by atomic mass is 10.2. The smallest absolute Gasteiger partial charge is 0.252 e. The van der Waals surface area contributed by atoms with E-state index in [9.17, 15) is 4.79 Å². The minimum absolute atomic E-state index is 0.0150. The van der Waals surface area contributed by atoms with E-state index in [0.29, 0.717) is 12.6 Å². The van der Waals surface area contributed by atoms with E-state index in [2.05, 4.69) is 41.5 Å². The number of amides is 1. The highest BCUT2D eigenvalue weighted by atomic mass is 32.2. The van der Waals surface area contributed by atoms with E-state index in [1.165, 1.54) is 5.56 Å². The van der Waals surface area contributed by atoms with Gasteiger partial charge in [-0.1, -0.05) is 42.5 Å². The third-order valence-corrected chi connectivity index (χ3v) is 6.08. The summed E-state index contributed by atoms with van der Waals surface area (Å²) in [7, 11) is 2.12. The van der Waals surface area contributed by atoms with Crippen LogP contribution in [0.15, 0.2) is 59.5 Å². The summed E-state index contributed by atoms with van der Waals surface area (Å²) in [5, 5.41) is 3.08. The lowest BCUT2D eigenvalue weighted by Crippen LogP contribution is -2.28. The predicted molar refractivity (Wildman–Crippen MR) is 116 cm³/mol. The van der Waals surface area contributed by atoms with Crippen molar-refractivity contribution in [3.8, 4) is 0 Å². The topological polar surface area (TPSA) is 41.6 Å². The van der Waals surface area contributed by atoms with Crippen LogP contribution in [0, 0.1) is 0 Å². The maximum absolute atomic E-state index is 12.6. The first-order valence-corrected chi connectivity index (χ1v) is 11.0. The molecule has 1 unspecified atom stereocenters. The molecule has 1 N–H and O–H groups in total. The molecule has 0 aliphatic carbocycles. The second-order valence-corrected chi connectivity index (χ2v) is 8.34. The van der Waals surface area contributed by atoms with Crippen LogP contribution in [0.4, 0.5) is 0 Å². The second kappa shape index (κ2) is 11.2. The highest BCUT2D eigenvalue weighted by Crippen LogP contribution is 2.26. The predicted octanol–water partition coefficient (Wildman–Crippen LogP) is 4.21. The van der Waals surface area contributed by atoms with Crippen LogP contribution < -0.4 is 5.32 Å². The molecule has 0 bridgehead atoms. The van der Waals surface area contributed by atoms with E-state index in [1.807, 2.05) is 30.3 Å². The molecule has 1 atom stereocenters. The molecular formula is C23H30N2O2S. The van der Waals surface area contributed by atoms with E-state index in [1.54, 1.807) is 11.8 Å². The second-order valence-electron chi connectivity index (χ2n) is 7.28. The van der Waals surface area contributed by atoms with Gasteiger partial charge in [0.05, 0.1) is 11.7 Å². The van der Waals surface area contributed by atoms with Gasteiger partial charge in [0.15, 0.2) is 0 Å². The van der Waals surface area contributed by atoms with Gasteiger partial charge in [-0.05, 0) is 50.6 Å². The number of carbonyl (C=O) groups excluding carboxylic acids is 1. The van der Waals surface area contributed by atoms with Gasteiger partial charge in [0.2, 0.25) is 0 Å². The summed E-state index contributed by atoms with van der Waals surface area (Å²) in [5.74, 6) is 0.926. The highest BCUT2D eigenvalue weighted by molar-refractivity contribution is 7.99. The Hall–Kier alpha value is -1.82. The molecule has 0 aromatic heterocycles. The van der Waals surface area contributed by atoms with Gasteiger partial charge in [0, 0.05) is 30.3 Å². The summed E-state index contributed by atoms with van der Waals surface area (Å²) in [6, 6.07) is 18.3. The SMILES string of the molecule is CN(CCCNC(=O)c1ccccc1SCC1CCCO1)Cc1ccccc1. The molecule has 0 radical (unpaired) electrons. The Labute approximate surface area is 172 Å². The number of nitrogens with zero attached hydrogens (tertiary/aromatic N) is 1. The monoisotopic (exact) mass is 398 g/mol. The first-order valence-electron chi connectivity index (χ1n) is 10.1. The summed E-state index contributed by atoms with van der Waals surface area (Å²) in [6.45, 7) is 3.43. The molecule has 2 aromatic carbocycles. The number of benzene rings is 2. The number of carbonyl (C=O) groups is 1. The average Bonchev–Trinajstić information content (AvgIpc) is 3.24. The first kappa shape index (κ1) is 20.9. The minimum atomic E-state index is 0.0150. The molecular weight excluding hydrogens is 368 g/mol. The van der Waals surface area contributed by atoms with E-state index in [4.69, 9.17) is 4.74 Å². The van der Waals surface area contributed by atoms with Crippen LogP contribution in [0.25, 0.3) is 0 Å². The van der Waals surface area contributed by atoms with Crippen molar-refractivity contribution >= 4 is 17.7 Å². The lowest BCUT2D eigenvalue weighted by Gasteiger charge is -2.17. The fraction of sp³-hybridized carbons (Fsp3) is 0.435. The quantitative estimate of drug-likeness (QED) is 0.481. The molecule has 1 saturated heterocycles. The van der Waals surface area contributed by atoms with Crippen LogP contribution in [0.3, 0.4) is 0 Å². The standard InChI is InChI=1S/C23H30N2O2S/c1-25(17-19-9-3-2-4-10-19)15-8-14-24-23(26)21-12-5-6-13-22(21)28-18-20-11-7-16-27-20/h2-6,9-10,12-13,20H,7-8,11,14-18H2,1H3,(H,24,26). The van der Waals surface area contributed by atoms with Crippen molar-refractivity contribution in [3.05, 3.63) is 65.7 Å². The van der Waals surface area contributed by atoms with E-state index >= 15 is 0 Å². The zero-order valence-electron chi connectivity index (χ0n) is 16.6. The molecule has 28 heavy (non-hydrogen) atoms. The Morgan fingerprint density at radius 1 is 1.18 bits per heavy atom. The fourth-order valence-electron chi connectivity index (χ4n) is 3.36. The Kier molecular flexibility index (Phi) is 8.40. The molecule has 2 aromatic rings. The molecule has 1 heterocycles. The molecule has 0 spiro atoms. The van der Waals surface area contributed by atoms with Gasteiger partial charge >= 0.3 is 0 Å². The van der Waals surface area contributed by atoms with Gasteiger partial charge in [-0.3, -0.25) is 4.79 Å². The van der Waals surface area contributed by atoms with Gasteiger partial charge in [-0.15, -0.1) is 11.8 Å². The molecule has 1 aliphatic rings. The molecule has 150 valence electrons. The first-order chi connectivity index (χ1) is 13.7. The number of hydrogen-bond acceptors (Lipinski definition) is 4. The zero-order chi connectivity index (χ0) is 19.6. The Morgan fingerprint density at radius 3 is 2.75 bits per heavy atom. The van der Waals surface area contributed by atoms with Crippen LogP contribution in [-0.4, -0.2) is 49.4 Å². The van der Waals surface area contributed by atoms with Gasteiger partial charge in [-0.25, -0.2) is 0 Å². The van der Waals surface area contributed by atoms with Crippen LogP contribution >= 0.6 is 11.8 Å². The van der Waals surface area contributed by atoms with Gasteiger partial charge in [0.25, 0.3) is 5.91 Å². The number of hydrogen-bond donors (Lipinski definition) is 1. The summed E-state index contributed by atoms with van der Waals surface area (Å²) < 4.78 is 5.69. The molecule has 5 heteroatoms. The fourth-order valence-corrected chi connectivity index (χ4v) is 4.48. The largest absolute Gasteiger partial charge is 0.377 e. The summed E-state index contributed by atoms with van der Waals surface area (Å²) in [5.41, 5.74) is 2.08. The van der Waals surface area contributed by atoms with Crippen molar-refractivity contribution in [2.24, 2.45) is 0 Å². The van der Waals surface area contributed by atoms with Gasteiger partial charge in [-0.2, -0.15) is 0 Å². The van der Waals surface area contributed by atoms with Crippen LogP contribution in [-0.2, 0) is 11.3 Å². The maximum Gasteiger partial charge on any atom is 0.252 e. The van der Waals surface area contributed by atoms with Crippen LogP contribution in [0.2, 0.25) is 0 Å². The zero-order valence-corrected chi connectivity index (χ0v) is 17.4. The third-order valence-electron chi connectivity index (χ3n) is 4.88. The number of ether oxygens (including phenoxy) is 1. The van der Waals surface area contributed by atoms with Crippen molar-refractivity contribution < 1.29 is 9.53 Å². The van der Waals surface area contributed by atoms with Crippen molar-refractivity contribution in [3.63, 3.8) is 0 Å².